The average molecular weight is 362 g/mol. The first kappa shape index (κ1) is 19.3. The van der Waals surface area contributed by atoms with Crippen molar-refractivity contribution >= 4 is 17.2 Å². The van der Waals surface area contributed by atoms with Gasteiger partial charge >= 0.3 is 0 Å². The number of nitrogens with one attached hydrogen (secondary N) is 1. The minimum atomic E-state index is -0.122. The fourth-order valence-corrected chi connectivity index (χ4v) is 3.37. The van der Waals surface area contributed by atoms with E-state index in [1.165, 1.54) is 4.88 Å². The van der Waals surface area contributed by atoms with Gasteiger partial charge in [-0.25, -0.2) is 0 Å². The van der Waals surface area contributed by atoms with Crippen LogP contribution in [-0.4, -0.2) is 45.2 Å². The van der Waals surface area contributed by atoms with Crippen LogP contribution in [0.25, 0.3) is 0 Å². The second-order valence-corrected chi connectivity index (χ2v) is 6.90. The van der Waals surface area contributed by atoms with Gasteiger partial charge in [0.15, 0.2) is 11.5 Å². The topological polar surface area (TPSA) is 50.8 Å². The molecule has 1 N–H and O–H groups in total. The quantitative estimate of drug-likeness (QED) is 0.741. The van der Waals surface area contributed by atoms with Crippen LogP contribution in [-0.2, 0) is 0 Å². The van der Waals surface area contributed by atoms with E-state index >= 15 is 0 Å². The van der Waals surface area contributed by atoms with E-state index in [1.54, 1.807) is 36.6 Å². The third-order valence-corrected chi connectivity index (χ3v) is 4.81. The molecule has 1 atom stereocenters. The van der Waals surface area contributed by atoms with Crippen LogP contribution in [0.3, 0.4) is 0 Å². The minimum absolute atomic E-state index is 0.122. The van der Waals surface area contributed by atoms with E-state index in [0.717, 1.165) is 6.42 Å². The van der Waals surface area contributed by atoms with Gasteiger partial charge in [-0.2, -0.15) is 0 Å². The van der Waals surface area contributed by atoms with Crippen LogP contribution < -0.4 is 14.8 Å². The van der Waals surface area contributed by atoms with Crippen LogP contribution in [0.4, 0.5) is 0 Å². The third-order valence-electron chi connectivity index (χ3n) is 3.84. The number of carbonyl (C=O) groups excluding carboxylic acids is 1. The van der Waals surface area contributed by atoms with Gasteiger partial charge in [0, 0.05) is 17.0 Å². The molecule has 1 aromatic heterocycles. The molecular weight excluding hydrogens is 336 g/mol. The average Bonchev–Trinajstić information content (AvgIpc) is 3.13. The second-order valence-electron chi connectivity index (χ2n) is 5.92. The standard InChI is InChI=1S/C19H26N2O3S/c1-5-10-24-16-9-8-14(12-17(16)23-4)19(22)20-13-15(21(2)3)18-7-6-11-25-18/h6-9,11-12,15H,5,10,13H2,1-4H3,(H,20,22)/t15-/m0/s1. The van der Waals surface area contributed by atoms with Crippen molar-refractivity contribution in [2.24, 2.45) is 0 Å². The maximum Gasteiger partial charge on any atom is 0.251 e. The maximum absolute atomic E-state index is 12.5. The van der Waals surface area contributed by atoms with Crippen LogP contribution in [0.2, 0.25) is 0 Å². The molecule has 0 saturated carbocycles. The molecule has 2 rings (SSSR count). The maximum atomic E-state index is 12.5. The number of hydrogen-bond acceptors (Lipinski definition) is 5. The van der Waals surface area contributed by atoms with Crippen LogP contribution in [0.1, 0.15) is 34.6 Å². The first-order chi connectivity index (χ1) is 12.1. The zero-order chi connectivity index (χ0) is 18.2. The van der Waals surface area contributed by atoms with Gasteiger partial charge in [0.2, 0.25) is 0 Å². The van der Waals surface area contributed by atoms with Gasteiger partial charge < -0.3 is 19.7 Å². The number of hydrogen-bond donors (Lipinski definition) is 1. The van der Waals surface area contributed by atoms with E-state index in [4.69, 9.17) is 9.47 Å². The van der Waals surface area contributed by atoms with Crippen molar-refractivity contribution in [3.05, 3.63) is 46.2 Å². The number of nitrogens with zero attached hydrogens (tertiary/aromatic N) is 1. The molecule has 0 unspecified atom stereocenters. The first-order valence-electron chi connectivity index (χ1n) is 8.35. The third kappa shape index (κ3) is 5.21. The van der Waals surface area contributed by atoms with Crippen LogP contribution in [0, 0.1) is 0 Å². The molecule has 0 aliphatic rings. The van der Waals surface area contributed by atoms with E-state index in [9.17, 15) is 4.79 Å². The molecule has 0 aliphatic carbocycles. The van der Waals surface area contributed by atoms with Gasteiger partial charge in [0.1, 0.15) is 0 Å². The van der Waals surface area contributed by atoms with E-state index in [0.29, 0.717) is 30.2 Å². The summed E-state index contributed by atoms with van der Waals surface area (Å²) in [5, 5.41) is 5.06. The lowest BCUT2D eigenvalue weighted by Gasteiger charge is -2.23. The van der Waals surface area contributed by atoms with Crippen LogP contribution in [0.15, 0.2) is 35.7 Å². The summed E-state index contributed by atoms with van der Waals surface area (Å²) in [6.07, 6.45) is 0.917. The summed E-state index contributed by atoms with van der Waals surface area (Å²) < 4.78 is 11.0. The van der Waals surface area contributed by atoms with Crippen LogP contribution >= 0.6 is 11.3 Å². The smallest absolute Gasteiger partial charge is 0.251 e. The number of ether oxygens (including phenoxy) is 2. The highest BCUT2D eigenvalue weighted by Gasteiger charge is 2.17. The van der Waals surface area contributed by atoms with Crippen molar-refractivity contribution in [3.63, 3.8) is 0 Å². The molecular formula is C19H26N2O3S. The predicted molar refractivity (Wildman–Crippen MR) is 102 cm³/mol. The highest BCUT2D eigenvalue weighted by molar-refractivity contribution is 7.10. The molecule has 136 valence electrons. The lowest BCUT2D eigenvalue weighted by atomic mass is 10.1. The Hall–Kier alpha value is -2.05. The molecule has 0 spiro atoms. The molecule has 0 aliphatic heterocycles. The zero-order valence-electron chi connectivity index (χ0n) is 15.2. The molecule has 5 nitrogen and oxygen atoms in total. The Morgan fingerprint density at radius 2 is 2.08 bits per heavy atom. The summed E-state index contributed by atoms with van der Waals surface area (Å²) in [6.45, 7) is 3.21. The summed E-state index contributed by atoms with van der Waals surface area (Å²) in [5.41, 5.74) is 0.560. The van der Waals surface area contributed by atoms with Gasteiger partial charge in [-0.15, -0.1) is 11.3 Å². The zero-order valence-corrected chi connectivity index (χ0v) is 16.1. The van der Waals surface area contributed by atoms with Gasteiger partial charge in [-0.1, -0.05) is 13.0 Å². The number of thiophene rings is 1. The lowest BCUT2D eigenvalue weighted by molar-refractivity contribution is 0.0942. The Kier molecular flexibility index (Phi) is 7.28. The summed E-state index contributed by atoms with van der Waals surface area (Å²) in [6, 6.07) is 9.53. The molecule has 6 heteroatoms. The summed E-state index contributed by atoms with van der Waals surface area (Å²) in [5.74, 6) is 1.11. The molecule has 25 heavy (non-hydrogen) atoms. The molecule has 2 aromatic rings. The van der Waals surface area contributed by atoms with Crippen molar-refractivity contribution in [2.45, 2.75) is 19.4 Å². The van der Waals surface area contributed by atoms with Crippen molar-refractivity contribution in [1.29, 1.82) is 0 Å². The number of rotatable bonds is 9. The fourth-order valence-electron chi connectivity index (χ4n) is 2.45. The first-order valence-corrected chi connectivity index (χ1v) is 9.23. The normalized spacial score (nSPS) is 12.0. The number of likely N-dealkylation sites (N-methyl/N-ethyl adjacent to an activating group) is 1. The molecule has 1 aromatic carbocycles. The molecule has 1 amide bonds. The van der Waals surface area contributed by atoms with Gasteiger partial charge in [-0.05, 0) is 50.2 Å². The fraction of sp³-hybridized carbons (Fsp3) is 0.421. The second kappa shape index (κ2) is 9.44. The van der Waals surface area contributed by atoms with Crippen molar-refractivity contribution in [3.8, 4) is 11.5 Å². The number of methoxy groups -OCH3 is 1. The molecule has 0 bridgehead atoms. The Bertz CT molecular complexity index is 671. The summed E-state index contributed by atoms with van der Waals surface area (Å²) in [7, 11) is 5.60. The molecule has 0 radical (unpaired) electrons. The monoisotopic (exact) mass is 362 g/mol. The highest BCUT2D eigenvalue weighted by atomic mass is 32.1. The van der Waals surface area contributed by atoms with Crippen LogP contribution in [0.5, 0.6) is 11.5 Å². The largest absolute Gasteiger partial charge is 0.493 e. The van der Waals surface area contributed by atoms with E-state index in [1.807, 2.05) is 32.5 Å². The summed E-state index contributed by atoms with van der Waals surface area (Å²) >= 11 is 1.69. The Balaban J connectivity index is 2.04. The Morgan fingerprint density at radius 3 is 2.68 bits per heavy atom. The lowest BCUT2D eigenvalue weighted by Crippen LogP contribution is -2.34. The Labute approximate surface area is 153 Å². The van der Waals surface area contributed by atoms with Crippen molar-refractivity contribution in [2.75, 3.05) is 34.4 Å². The number of carbonyl (C=O) groups is 1. The van der Waals surface area contributed by atoms with Crippen molar-refractivity contribution in [1.82, 2.24) is 10.2 Å². The highest BCUT2D eigenvalue weighted by Crippen LogP contribution is 2.28. The van der Waals surface area contributed by atoms with Crippen molar-refractivity contribution < 1.29 is 14.3 Å². The minimum Gasteiger partial charge on any atom is -0.493 e. The molecule has 1 heterocycles. The SMILES string of the molecule is CCCOc1ccc(C(=O)NC[C@@H](c2cccs2)N(C)C)cc1OC. The molecule has 0 saturated heterocycles. The van der Waals surface area contributed by atoms with Gasteiger partial charge in [0.05, 0.1) is 19.8 Å². The van der Waals surface area contributed by atoms with Gasteiger partial charge in [-0.3, -0.25) is 4.79 Å². The Morgan fingerprint density at radius 1 is 1.28 bits per heavy atom. The summed E-state index contributed by atoms with van der Waals surface area (Å²) in [4.78, 5) is 15.8. The van der Waals surface area contributed by atoms with Gasteiger partial charge in [0.25, 0.3) is 5.91 Å². The van der Waals surface area contributed by atoms with E-state index in [-0.39, 0.29) is 11.9 Å². The van der Waals surface area contributed by atoms with E-state index in [2.05, 4.69) is 16.3 Å². The predicted octanol–water partition coefficient (Wildman–Crippen LogP) is 3.58. The molecule has 0 fully saturated rings. The number of benzene rings is 1. The van der Waals surface area contributed by atoms with E-state index < -0.39 is 0 Å². The number of amides is 1.